The summed E-state index contributed by atoms with van der Waals surface area (Å²) in [5, 5.41) is 20.1. The second-order valence-electron chi connectivity index (χ2n) is 5.69. The number of aromatic nitrogens is 2. The topological polar surface area (TPSA) is 60.9 Å². The van der Waals surface area contributed by atoms with Crippen molar-refractivity contribution < 1.29 is 9.50 Å². The van der Waals surface area contributed by atoms with Crippen molar-refractivity contribution in [3.05, 3.63) is 41.8 Å². The summed E-state index contributed by atoms with van der Waals surface area (Å²) in [7, 11) is 0. The van der Waals surface area contributed by atoms with E-state index in [-0.39, 0.29) is 11.9 Å². The maximum atomic E-state index is 13.0. The summed E-state index contributed by atoms with van der Waals surface area (Å²) in [4.78, 5) is 0. The normalized spacial score (nSPS) is 12.8. The lowest BCUT2D eigenvalue weighted by atomic mass is 10.1. The Morgan fingerprint density at radius 3 is 2.67 bits per heavy atom. The minimum atomic E-state index is -0.342. The highest BCUT2D eigenvalue weighted by Gasteiger charge is 2.10. The van der Waals surface area contributed by atoms with Crippen molar-refractivity contribution in [2.24, 2.45) is 5.92 Å². The first-order valence-corrected chi connectivity index (χ1v) is 7.23. The Morgan fingerprint density at radius 2 is 2.00 bits per heavy atom. The first-order valence-electron chi connectivity index (χ1n) is 7.23. The Labute approximate surface area is 124 Å². The summed E-state index contributed by atoms with van der Waals surface area (Å²) >= 11 is 0. The Hall–Kier alpha value is -1.72. The number of benzene rings is 1. The molecule has 1 aromatic heterocycles. The van der Waals surface area contributed by atoms with Crippen LogP contribution in [0.3, 0.4) is 0 Å². The number of nitrogens with one attached hydrogen (secondary N) is 2. The SMILES string of the molecule is CC(C)CC(O)CNCc1cn[nH]c1-c1ccc(F)cc1. The third-order valence-corrected chi connectivity index (χ3v) is 3.29. The maximum absolute atomic E-state index is 13.0. The largest absolute Gasteiger partial charge is 0.392 e. The van der Waals surface area contributed by atoms with Crippen LogP contribution in [0, 0.1) is 11.7 Å². The zero-order chi connectivity index (χ0) is 15.2. The van der Waals surface area contributed by atoms with Crippen molar-refractivity contribution in [1.82, 2.24) is 15.5 Å². The number of aliphatic hydroxyl groups is 1. The molecule has 0 spiro atoms. The fourth-order valence-electron chi connectivity index (χ4n) is 2.31. The molecule has 5 heteroatoms. The van der Waals surface area contributed by atoms with Gasteiger partial charge in [-0.15, -0.1) is 0 Å². The molecule has 1 aromatic carbocycles. The van der Waals surface area contributed by atoms with Crippen molar-refractivity contribution in [2.45, 2.75) is 32.9 Å². The highest BCUT2D eigenvalue weighted by molar-refractivity contribution is 5.62. The predicted molar refractivity (Wildman–Crippen MR) is 81.2 cm³/mol. The van der Waals surface area contributed by atoms with E-state index in [9.17, 15) is 9.50 Å². The van der Waals surface area contributed by atoms with Gasteiger partial charge in [0.2, 0.25) is 0 Å². The number of rotatable bonds is 7. The van der Waals surface area contributed by atoms with E-state index in [1.165, 1.54) is 12.1 Å². The van der Waals surface area contributed by atoms with Gasteiger partial charge in [0.15, 0.2) is 0 Å². The van der Waals surface area contributed by atoms with Crippen LogP contribution in [-0.4, -0.2) is 28.0 Å². The van der Waals surface area contributed by atoms with Gasteiger partial charge in [-0.05, 0) is 36.6 Å². The molecule has 114 valence electrons. The van der Waals surface area contributed by atoms with E-state index in [2.05, 4.69) is 29.4 Å². The monoisotopic (exact) mass is 291 g/mol. The van der Waals surface area contributed by atoms with Crippen LogP contribution in [0.2, 0.25) is 0 Å². The molecule has 3 N–H and O–H groups in total. The number of H-pyrrole nitrogens is 1. The lowest BCUT2D eigenvalue weighted by Crippen LogP contribution is -2.27. The Bertz CT molecular complexity index is 551. The average Bonchev–Trinajstić information content (AvgIpc) is 2.87. The second-order valence-corrected chi connectivity index (χ2v) is 5.69. The van der Waals surface area contributed by atoms with Gasteiger partial charge in [-0.1, -0.05) is 13.8 Å². The van der Waals surface area contributed by atoms with E-state index >= 15 is 0 Å². The molecule has 0 fully saturated rings. The zero-order valence-electron chi connectivity index (χ0n) is 12.4. The van der Waals surface area contributed by atoms with E-state index < -0.39 is 0 Å². The average molecular weight is 291 g/mol. The summed E-state index contributed by atoms with van der Waals surface area (Å²) in [6.45, 7) is 5.34. The Morgan fingerprint density at radius 1 is 1.29 bits per heavy atom. The summed E-state index contributed by atoms with van der Waals surface area (Å²) < 4.78 is 13.0. The van der Waals surface area contributed by atoms with Gasteiger partial charge in [0.25, 0.3) is 0 Å². The smallest absolute Gasteiger partial charge is 0.123 e. The van der Waals surface area contributed by atoms with Crippen LogP contribution in [0.4, 0.5) is 4.39 Å². The van der Waals surface area contributed by atoms with E-state index in [4.69, 9.17) is 0 Å². The maximum Gasteiger partial charge on any atom is 0.123 e. The highest BCUT2D eigenvalue weighted by Crippen LogP contribution is 2.21. The van der Waals surface area contributed by atoms with Gasteiger partial charge >= 0.3 is 0 Å². The molecule has 2 aromatic rings. The predicted octanol–water partition coefficient (Wildman–Crippen LogP) is 2.71. The number of nitrogens with zero attached hydrogens (tertiary/aromatic N) is 1. The third-order valence-electron chi connectivity index (χ3n) is 3.29. The molecule has 2 rings (SSSR count). The van der Waals surface area contributed by atoms with Crippen molar-refractivity contribution >= 4 is 0 Å². The number of halogens is 1. The van der Waals surface area contributed by atoms with E-state index in [0.29, 0.717) is 19.0 Å². The molecule has 1 unspecified atom stereocenters. The van der Waals surface area contributed by atoms with Crippen LogP contribution in [0.1, 0.15) is 25.8 Å². The number of aliphatic hydroxyl groups excluding tert-OH is 1. The van der Waals surface area contributed by atoms with Crippen LogP contribution >= 0.6 is 0 Å². The zero-order valence-corrected chi connectivity index (χ0v) is 12.4. The highest BCUT2D eigenvalue weighted by atomic mass is 19.1. The van der Waals surface area contributed by atoms with Gasteiger partial charge in [0.05, 0.1) is 18.0 Å². The molecule has 0 aliphatic carbocycles. The van der Waals surface area contributed by atoms with Gasteiger partial charge < -0.3 is 10.4 Å². The van der Waals surface area contributed by atoms with Crippen LogP contribution in [0.15, 0.2) is 30.5 Å². The van der Waals surface area contributed by atoms with Gasteiger partial charge in [0.1, 0.15) is 5.82 Å². The van der Waals surface area contributed by atoms with E-state index in [1.807, 2.05) is 0 Å². The third kappa shape index (κ3) is 4.65. The van der Waals surface area contributed by atoms with Gasteiger partial charge in [-0.2, -0.15) is 5.10 Å². The minimum Gasteiger partial charge on any atom is -0.392 e. The molecule has 1 atom stereocenters. The van der Waals surface area contributed by atoms with Crippen molar-refractivity contribution in [3.8, 4) is 11.3 Å². The molecule has 1 heterocycles. The van der Waals surface area contributed by atoms with Gasteiger partial charge in [-0.25, -0.2) is 4.39 Å². The molecule has 0 aliphatic heterocycles. The molecule has 0 amide bonds. The van der Waals surface area contributed by atoms with Crippen LogP contribution in [0.5, 0.6) is 0 Å². The van der Waals surface area contributed by atoms with E-state index in [1.54, 1.807) is 18.3 Å². The number of aromatic amines is 1. The molecule has 21 heavy (non-hydrogen) atoms. The molecule has 4 nitrogen and oxygen atoms in total. The van der Waals surface area contributed by atoms with Crippen LogP contribution in [0.25, 0.3) is 11.3 Å². The van der Waals surface area contributed by atoms with Gasteiger partial charge in [0, 0.05) is 24.2 Å². The van der Waals surface area contributed by atoms with Crippen molar-refractivity contribution in [2.75, 3.05) is 6.54 Å². The molecule has 0 saturated heterocycles. The number of hydrogen-bond acceptors (Lipinski definition) is 3. The molecule has 0 saturated carbocycles. The lowest BCUT2D eigenvalue weighted by molar-refractivity contribution is 0.146. The summed E-state index contributed by atoms with van der Waals surface area (Å²) in [6, 6.07) is 6.31. The second kappa shape index (κ2) is 7.33. The van der Waals surface area contributed by atoms with Crippen molar-refractivity contribution in [1.29, 1.82) is 0 Å². The molecule has 0 aliphatic rings. The molecular formula is C16H22FN3O. The van der Waals surface area contributed by atoms with Crippen LogP contribution < -0.4 is 5.32 Å². The lowest BCUT2D eigenvalue weighted by Gasteiger charge is -2.13. The van der Waals surface area contributed by atoms with Crippen LogP contribution in [-0.2, 0) is 6.54 Å². The van der Waals surface area contributed by atoms with Crippen molar-refractivity contribution in [3.63, 3.8) is 0 Å². The standard InChI is InChI=1S/C16H22FN3O/c1-11(2)7-15(21)10-18-8-13-9-19-20-16(13)12-3-5-14(17)6-4-12/h3-6,9,11,15,18,21H,7-8,10H2,1-2H3,(H,19,20). The fraction of sp³-hybridized carbons (Fsp3) is 0.438. The molecule has 0 bridgehead atoms. The van der Waals surface area contributed by atoms with E-state index in [0.717, 1.165) is 23.2 Å². The quantitative estimate of drug-likeness (QED) is 0.735. The first-order chi connectivity index (χ1) is 10.1. The molecular weight excluding hydrogens is 269 g/mol. The summed E-state index contributed by atoms with van der Waals surface area (Å²) in [5.41, 5.74) is 2.77. The molecule has 0 radical (unpaired) electrons. The first kappa shape index (κ1) is 15.7. The summed E-state index contributed by atoms with van der Waals surface area (Å²) in [5.74, 6) is 0.222. The Balaban J connectivity index is 1.93. The number of hydrogen-bond donors (Lipinski definition) is 3. The Kier molecular flexibility index (Phi) is 5.47. The minimum absolute atomic E-state index is 0.255. The fourth-order valence-corrected chi connectivity index (χ4v) is 2.31. The summed E-state index contributed by atoms with van der Waals surface area (Å²) in [6.07, 6.45) is 2.19. The van der Waals surface area contributed by atoms with Gasteiger partial charge in [-0.3, -0.25) is 5.10 Å².